The van der Waals surface area contributed by atoms with Crippen molar-refractivity contribution < 1.29 is 26.4 Å². The van der Waals surface area contributed by atoms with Gasteiger partial charge in [-0.25, -0.2) is 4.42 Å². The van der Waals surface area contributed by atoms with Crippen LogP contribution >= 0.6 is 0 Å². The molecule has 0 saturated heterocycles. The highest BCUT2D eigenvalue weighted by molar-refractivity contribution is 6.50. The molecule has 3 aromatic rings. The third kappa shape index (κ3) is 5.78. The molecule has 132 valence electrons. The molecule has 2 aromatic carbocycles. The molecule has 1 heterocycles. The highest BCUT2D eigenvalue weighted by Crippen LogP contribution is 2.32. The van der Waals surface area contributed by atoms with Crippen molar-refractivity contribution in [1.82, 2.24) is 0 Å². The molecule has 25 heavy (non-hydrogen) atoms. The van der Waals surface area contributed by atoms with Crippen LogP contribution in [0.1, 0.15) is 12.5 Å². The van der Waals surface area contributed by atoms with Crippen LogP contribution in [0.2, 0.25) is 0 Å². The van der Waals surface area contributed by atoms with Crippen LogP contribution in [0.5, 0.6) is 5.75 Å². The van der Waals surface area contributed by atoms with Crippen molar-refractivity contribution in [3.8, 4) is 17.1 Å². The number of aryl methyl sites for hydroxylation is 1. The quantitative estimate of drug-likeness (QED) is 0.309. The van der Waals surface area contributed by atoms with Gasteiger partial charge in [-0.05, 0) is 32.0 Å². The van der Waals surface area contributed by atoms with Crippen LogP contribution in [0.3, 0.4) is 0 Å². The first-order valence-corrected chi connectivity index (χ1v) is 7.71. The normalized spacial score (nSPS) is 11.0. The van der Waals surface area contributed by atoms with Gasteiger partial charge in [0.05, 0.1) is 18.2 Å². The van der Waals surface area contributed by atoms with Gasteiger partial charge in [-0.15, -0.1) is 0 Å². The highest BCUT2D eigenvalue weighted by Gasteiger charge is 2.21. The minimum Gasteiger partial charge on any atom is -0.493 e. The first-order chi connectivity index (χ1) is 11.8. The summed E-state index contributed by atoms with van der Waals surface area (Å²) in [6.07, 6.45) is 0. The number of rotatable bonds is 3. The zero-order valence-electron chi connectivity index (χ0n) is 13.8. The van der Waals surface area contributed by atoms with E-state index < -0.39 is 7.25 Å². The monoisotopic (exact) mass is 352 g/mol. The average Bonchev–Trinajstić information content (AvgIpc) is 2.54. The zero-order valence-corrected chi connectivity index (χ0v) is 13.8. The number of ether oxygens (including phenoxy) is 1. The van der Waals surface area contributed by atoms with E-state index in [0.717, 1.165) is 28.0 Å². The summed E-state index contributed by atoms with van der Waals surface area (Å²) in [5.74, 6) is 1.69. The molecule has 0 fully saturated rings. The third-order valence-electron chi connectivity index (χ3n) is 3.27. The van der Waals surface area contributed by atoms with E-state index in [1.54, 1.807) is 0 Å². The van der Waals surface area contributed by atoms with Crippen LogP contribution in [0, 0.1) is 6.92 Å². The fourth-order valence-corrected chi connectivity index (χ4v) is 2.24. The predicted molar refractivity (Wildman–Crippen MR) is 92.1 cm³/mol. The minimum absolute atomic E-state index is 0.640. The lowest BCUT2D eigenvalue weighted by Gasteiger charge is -2.03. The maximum Gasteiger partial charge on any atom is 0.673 e. The van der Waals surface area contributed by atoms with Gasteiger partial charge in [0.15, 0.2) is 0 Å². The summed E-state index contributed by atoms with van der Waals surface area (Å²) >= 11 is 0. The van der Waals surface area contributed by atoms with Crippen LogP contribution in [0.4, 0.5) is 17.3 Å². The number of fused-ring (bicyclic) bond motifs is 1. The number of hydrogen-bond acceptors (Lipinski definition) is 1. The van der Waals surface area contributed by atoms with Crippen LogP contribution < -0.4 is 4.74 Å². The Morgan fingerprint density at radius 2 is 1.56 bits per heavy atom. The molecule has 3 rings (SSSR count). The van der Waals surface area contributed by atoms with E-state index in [0.29, 0.717) is 6.61 Å². The Hall–Kier alpha value is -2.57. The summed E-state index contributed by atoms with van der Waals surface area (Å²) in [6.45, 7) is 4.71. The molecule has 0 bridgehead atoms. The highest BCUT2D eigenvalue weighted by atomic mass is 19.5. The summed E-state index contributed by atoms with van der Waals surface area (Å²) in [7, 11) is -6.00. The van der Waals surface area contributed by atoms with Crippen molar-refractivity contribution in [2.45, 2.75) is 13.8 Å². The smallest absolute Gasteiger partial charge is 0.493 e. The maximum atomic E-state index is 9.75. The van der Waals surface area contributed by atoms with Gasteiger partial charge >= 0.3 is 18.6 Å². The Bertz CT molecular complexity index is 827. The molecule has 0 spiro atoms. The molecule has 1 aromatic heterocycles. The van der Waals surface area contributed by atoms with Crippen molar-refractivity contribution in [2.75, 3.05) is 6.61 Å². The molecule has 0 aliphatic heterocycles. The number of halogens is 4. The molecule has 0 atom stereocenters. The van der Waals surface area contributed by atoms with Gasteiger partial charge in [0.2, 0.25) is 0 Å². The predicted octanol–water partition coefficient (Wildman–Crippen LogP) is 6.39. The van der Waals surface area contributed by atoms with Crippen LogP contribution in [-0.2, 0) is 0 Å². The standard InChI is InChI=1S/C18H17O2.BF4/c1-3-19-18-12-17(14-10-8-13(2)9-11-14)20-16-7-5-4-6-15(16)18;2-1(3,4)5/h4-12H,3H2,1-2H3;/q+1;-1. The Morgan fingerprint density at radius 3 is 2.16 bits per heavy atom. The van der Waals surface area contributed by atoms with Crippen molar-refractivity contribution in [3.05, 3.63) is 60.2 Å². The average molecular weight is 352 g/mol. The number of hydrogen-bond donors (Lipinski definition) is 0. The van der Waals surface area contributed by atoms with E-state index in [-0.39, 0.29) is 0 Å². The summed E-state index contributed by atoms with van der Waals surface area (Å²) in [5, 5.41) is 1.00. The van der Waals surface area contributed by atoms with Gasteiger partial charge in [0.1, 0.15) is 11.1 Å². The molecule has 0 radical (unpaired) electrons. The molecule has 0 unspecified atom stereocenters. The lowest BCUT2D eigenvalue weighted by Crippen LogP contribution is -2.02. The zero-order chi connectivity index (χ0) is 18.4. The largest absolute Gasteiger partial charge is 0.673 e. The Morgan fingerprint density at radius 1 is 0.960 bits per heavy atom. The number of benzene rings is 2. The fourth-order valence-electron chi connectivity index (χ4n) is 2.24. The topological polar surface area (TPSA) is 20.5 Å². The molecule has 0 amide bonds. The lowest BCUT2D eigenvalue weighted by atomic mass is 10.1. The second-order valence-corrected chi connectivity index (χ2v) is 5.26. The van der Waals surface area contributed by atoms with Crippen molar-refractivity contribution in [2.24, 2.45) is 0 Å². The van der Waals surface area contributed by atoms with Gasteiger partial charge < -0.3 is 22.0 Å². The molecular formula is C18H17BF4O2. The van der Waals surface area contributed by atoms with E-state index in [4.69, 9.17) is 9.15 Å². The van der Waals surface area contributed by atoms with E-state index in [1.165, 1.54) is 5.56 Å². The molecule has 0 aliphatic carbocycles. The number of para-hydroxylation sites is 1. The van der Waals surface area contributed by atoms with Gasteiger partial charge in [0.25, 0.3) is 0 Å². The van der Waals surface area contributed by atoms with Crippen LogP contribution in [-0.4, -0.2) is 13.9 Å². The van der Waals surface area contributed by atoms with Crippen molar-refractivity contribution in [1.29, 1.82) is 0 Å². The summed E-state index contributed by atoms with van der Waals surface area (Å²) < 4.78 is 50.7. The Labute approximate surface area is 143 Å². The van der Waals surface area contributed by atoms with E-state index in [9.17, 15) is 17.3 Å². The van der Waals surface area contributed by atoms with Crippen molar-refractivity contribution >= 4 is 18.2 Å². The van der Waals surface area contributed by atoms with Gasteiger partial charge in [-0.1, -0.05) is 29.8 Å². The molecule has 0 aliphatic rings. The van der Waals surface area contributed by atoms with Crippen LogP contribution in [0.15, 0.2) is 59.0 Å². The fraction of sp³-hybridized carbons (Fsp3) is 0.167. The van der Waals surface area contributed by atoms with E-state index >= 15 is 0 Å². The van der Waals surface area contributed by atoms with E-state index in [2.05, 4.69) is 31.2 Å². The molecule has 0 N–H and O–H groups in total. The van der Waals surface area contributed by atoms with Crippen molar-refractivity contribution in [3.63, 3.8) is 0 Å². The second-order valence-electron chi connectivity index (χ2n) is 5.26. The molecule has 7 heteroatoms. The molecular weight excluding hydrogens is 335 g/mol. The Balaban J connectivity index is 0.000000399. The van der Waals surface area contributed by atoms with Gasteiger partial charge in [0, 0.05) is 6.07 Å². The summed E-state index contributed by atoms with van der Waals surface area (Å²) in [6, 6.07) is 18.2. The van der Waals surface area contributed by atoms with Crippen LogP contribution in [0.25, 0.3) is 22.3 Å². The summed E-state index contributed by atoms with van der Waals surface area (Å²) in [5.41, 5.74) is 3.14. The lowest BCUT2D eigenvalue weighted by molar-refractivity contribution is 0.342. The third-order valence-corrected chi connectivity index (χ3v) is 3.27. The Kier molecular flexibility index (Phi) is 6.01. The maximum absolute atomic E-state index is 9.75. The summed E-state index contributed by atoms with van der Waals surface area (Å²) in [4.78, 5) is 0. The van der Waals surface area contributed by atoms with E-state index in [1.807, 2.05) is 37.3 Å². The van der Waals surface area contributed by atoms with Gasteiger partial charge in [-0.3, -0.25) is 0 Å². The first-order valence-electron chi connectivity index (χ1n) is 7.71. The second kappa shape index (κ2) is 8.01. The minimum atomic E-state index is -6.00. The first kappa shape index (κ1) is 18.8. The van der Waals surface area contributed by atoms with Gasteiger partial charge in [-0.2, -0.15) is 0 Å². The molecule has 2 nitrogen and oxygen atoms in total. The SMILES string of the molecule is CCOc1cc(-c2ccc(C)cc2)[o+]c2ccccc12.F[B-](F)(F)F. The molecule has 0 saturated carbocycles.